The molecule has 1 N–H and O–H groups in total. The molecule has 0 fully saturated rings. The standard InChI is InChI=1S/C19H19Cl2N3O2S/c1-19(2,3)18-17(12-24(22-18)14-7-5-4-6-8-14)27(25,26)23-13-9-10-15(20)16(21)11-13/h4-12,23H,1-3H3. The molecular weight excluding hydrogens is 405 g/mol. The molecule has 0 saturated carbocycles. The molecule has 0 aliphatic carbocycles. The molecule has 0 aliphatic heterocycles. The number of anilines is 1. The first kappa shape index (κ1) is 19.7. The molecule has 0 unspecified atom stereocenters. The van der Waals surface area contributed by atoms with Crippen LogP contribution in [0.4, 0.5) is 5.69 Å². The SMILES string of the molecule is CC(C)(C)c1nn(-c2ccccc2)cc1S(=O)(=O)Nc1ccc(Cl)c(Cl)c1. The van der Waals surface area contributed by atoms with E-state index in [0.717, 1.165) is 5.69 Å². The Balaban J connectivity index is 2.08. The van der Waals surface area contributed by atoms with Gasteiger partial charge in [-0.15, -0.1) is 0 Å². The number of halogens is 2. The number of hydrogen-bond donors (Lipinski definition) is 1. The van der Waals surface area contributed by atoms with E-state index in [1.807, 2.05) is 51.1 Å². The molecular formula is C19H19Cl2N3O2S. The lowest BCUT2D eigenvalue weighted by Gasteiger charge is -2.18. The summed E-state index contributed by atoms with van der Waals surface area (Å²) < 4.78 is 30.3. The Kier molecular flexibility index (Phi) is 5.25. The van der Waals surface area contributed by atoms with E-state index in [0.29, 0.717) is 16.4 Å². The van der Waals surface area contributed by atoms with Crippen molar-refractivity contribution in [1.29, 1.82) is 0 Å². The molecule has 27 heavy (non-hydrogen) atoms. The van der Waals surface area contributed by atoms with Crippen molar-refractivity contribution in [3.8, 4) is 5.69 Å². The van der Waals surface area contributed by atoms with Crippen LogP contribution >= 0.6 is 23.2 Å². The zero-order valence-electron chi connectivity index (χ0n) is 15.1. The second-order valence-corrected chi connectivity index (χ2v) is 9.57. The van der Waals surface area contributed by atoms with Gasteiger partial charge in [-0.05, 0) is 30.3 Å². The van der Waals surface area contributed by atoms with Crippen LogP contribution in [0.3, 0.4) is 0 Å². The number of para-hydroxylation sites is 1. The average molecular weight is 424 g/mol. The minimum atomic E-state index is -3.88. The Bertz CT molecular complexity index is 1070. The normalized spacial score (nSPS) is 12.2. The largest absolute Gasteiger partial charge is 0.279 e. The van der Waals surface area contributed by atoms with Crippen molar-refractivity contribution in [3.05, 3.63) is 70.5 Å². The fraction of sp³-hybridized carbons (Fsp3) is 0.211. The van der Waals surface area contributed by atoms with E-state index in [1.54, 1.807) is 16.8 Å². The van der Waals surface area contributed by atoms with Crippen LogP contribution in [-0.2, 0) is 15.4 Å². The van der Waals surface area contributed by atoms with E-state index in [1.165, 1.54) is 12.3 Å². The van der Waals surface area contributed by atoms with Crippen molar-refractivity contribution >= 4 is 38.9 Å². The monoisotopic (exact) mass is 423 g/mol. The van der Waals surface area contributed by atoms with Crippen LogP contribution in [0, 0.1) is 0 Å². The van der Waals surface area contributed by atoms with Gasteiger partial charge in [-0.25, -0.2) is 13.1 Å². The Morgan fingerprint density at radius 2 is 1.67 bits per heavy atom. The summed E-state index contributed by atoms with van der Waals surface area (Å²) in [5.41, 5.74) is 1.11. The Hall–Kier alpha value is -2.02. The Morgan fingerprint density at radius 1 is 1.00 bits per heavy atom. The van der Waals surface area contributed by atoms with Gasteiger partial charge in [0.25, 0.3) is 10.0 Å². The van der Waals surface area contributed by atoms with E-state index in [9.17, 15) is 8.42 Å². The summed E-state index contributed by atoms with van der Waals surface area (Å²) in [6.07, 6.45) is 1.52. The molecule has 1 heterocycles. The van der Waals surface area contributed by atoms with Gasteiger partial charge < -0.3 is 0 Å². The van der Waals surface area contributed by atoms with Crippen molar-refractivity contribution in [2.45, 2.75) is 31.1 Å². The molecule has 142 valence electrons. The smallest absolute Gasteiger partial charge is 0.265 e. The number of benzene rings is 2. The fourth-order valence-corrected chi connectivity index (χ4v) is 4.24. The van der Waals surface area contributed by atoms with Gasteiger partial charge >= 0.3 is 0 Å². The van der Waals surface area contributed by atoms with Crippen LogP contribution < -0.4 is 4.72 Å². The van der Waals surface area contributed by atoms with Crippen molar-refractivity contribution < 1.29 is 8.42 Å². The molecule has 0 atom stereocenters. The summed E-state index contributed by atoms with van der Waals surface area (Å²) >= 11 is 11.9. The molecule has 0 aliphatic rings. The molecule has 3 rings (SSSR count). The van der Waals surface area contributed by atoms with Crippen molar-refractivity contribution in [2.24, 2.45) is 0 Å². The first-order valence-electron chi connectivity index (χ1n) is 8.21. The van der Waals surface area contributed by atoms with Gasteiger partial charge in [0.2, 0.25) is 0 Å². The van der Waals surface area contributed by atoms with Gasteiger partial charge in [0.1, 0.15) is 4.90 Å². The van der Waals surface area contributed by atoms with Crippen LogP contribution in [0.15, 0.2) is 59.6 Å². The minimum absolute atomic E-state index is 0.116. The van der Waals surface area contributed by atoms with E-state index < -0.39 is 15.4 Å². The van der Waals surface area contributed by atoms with Gasteiger partial charge in [0.05, 0.1) is 33.3 Å². The Labute approximate surface area is 169 Å². The van der Waals surface area contributed by atoms with Gasteiger partial charge in [-0.2, -0.15) is 5.10 Å². The quantitative estimate of drug-likeness (QED) is 0.620. The highest BCUT2D eigenvalue weighted by Crippen LogP contribution is 2.31. The second-order valence-electron chi connectivity index (χ2n) is 7.11. The summed E-state index contributed by atoms with van der Waals surface area (Å²) in [5.74, 6) is 0. The first-order chi connectivity index (χ1) is 12.6. The highest BCUT2D eigenvalue weighted by Gasteiger charge is 2.30. The summed E-state index contributed by atoms with van der Waals surface area (Å²) in [6, 6.07) is 13.9. The number of hydrogen-bond acceptors (Lipinski definition) is 3. The minimum Gasteiger partial charge on any atom is -0.279 e. The topological polar surface area (TPSA) is 64.0 Å². The van der Waals surface area contributed by atoms with Crippen LogP contribution in [0.2, 0.25) is 10.0 Å². The predicted octanol–water partition coefficient (Wildman–Crippen LogP) is 5.28. The van der Waals surface area contributed by atoms with Gasteiger partial charge in [0, 0.05) is 5.41 Å². The molecule has 1 aromatic heterocycles. The Morgan fingerprint density at radius 3 is 2.26 bits per heavy atom. The second kappa shape index (κ2) is 7.19. The van der Waals surface area contributed by atoms with Gasteiger partial charge in [-0.1, -0.05) is 62.2 Å². The molecule has 0 radical (unpaired) electrons. The molecule has 0 bridgehead atoms. The van der Waals surface area contributed by atoms with Gasteiger partial charge in [0.15, 0.2) is 0 Å². The average Bonchev–Trinajstić information content (AvgIpc) is 3.06. The predicted molar refractivity (Wildman–Crippen MR) is 110 cm³/mol. The molecule has 3 aromatic rings. The lowest BCUT2D eigenvalue weighted by atomic mass is 9.92. The fourth-order valence-electron chi connectivity index (χ4n) is 2.56. The summed E-state index contributed by atoms with van der Waals surface area (Å²) in [6.45, 7) is 5.76. The number of nitrogens with one attached hydrogen (secondary N) is 1. The molecule has 2 aromatic carbocycles. The van der Waals surface area contributed by atoms with E-state index in [4.69, 9.17) is 23.2 Å². The summed E-state index contributed by atoms with van der Waals surface area (Å²) in [4.78, 5) is 0.116. The number of aromatic nitrogens is 2. The zero-order chi connectivity index (χ0) is 19.8. The summed E-state index contributed by atoms with van der Waals surface area (Å²) in [7, 11) is -3.88. The maximum atomic E-state index is 13.1. The van der Waals surface area contributed by atoms with E-state index >= 15 is 0 Å². The van der Waals surface area contributed by atoms with E-state index in [-0.39, 0.29) is 9.92 Å². The van der Waals surface area contributed by atoms with Crippen molar-refractivity contribution in [2.75, 3.05) is 4.72 Å². The molecule has 0 spiro atoms. The van der Waals surface area contributed by atoms with E-state index in [2.05, 4.69) is 9.82 Å². The lowest BCUT2D eigenvalue weighted by molar-refractivity contribution is 0.543. The van der Waals surface area contributed by atoms with Crippen LogP contribution in [-0.4, -0.2) is 18.2 Å². The molecule has 0 amide bonds. The third-order valence-corrected chi connectivity index (χ3v) is 5.99. The number of rotatable bonds is 4. The molecule has 0 saturated heterocycles. The van der Waals surface area contributed by atoms with Crippen molar-refractivity contribution in [3.63, 3.8) is 0 Å². The highest BCUT2D eigenvalue weighted by atomic mass is 35.5. The maximum Gasteiger partial charge on any atom is 0.265 e. The van der Waals surface area contributed by atoms with Gasteiger partial charge in [-0.3, -0.25) is 4.72 Å². The van der Waals surface area contributed by atoms with Crippen LogP contribution in [0.1, 0.15) is 26.5 Å². The van der Waals surface area contributed by atoms with Crippen LogP contribution in [0.5, 0.6) is 0 Å². The number of nitrogens with zero attached hydrogens (tertiary/aromatic N) is 2. The zero-order valence-corrected chi connectivity index (χ0v) is 17.4. The van der Waals surface area contributed by atoms with Crippen LogP contribution in [0.25, 0.3) is 5.69 Å². The third kappa shape index (κ3) is 4.29. The molecule has 5 nitrogen and oxygen atoms in total. The highest BCUT2D eigenvalue weighted by molar-refractivity contribution is 7.92. The number of sulfonamides is 1. The first-order valence-corrected chi connectivity index (χ1v) is 10.5. The lowest BCUT2D eigenvalue weighted by Crippen LogP contribution is -2.20. The maximum absolute atomic E-state index is 13.1. The summed E-state index contributed by atoms with van der Waals surface area (Å²) in [5, 5.41) is 5.17. The third-order valence-electron chi connectivity index (χ3n) is 3.87. The van der Waals surface area contributed by atoms with Crippen molar-refractivity contribution in [1.82, 2.24) is 9.78 Å². The molecule has 8 heteroatoms.